The molecule has 0 fully saturated rings. The number of rotatable bonds is 2. The standard InChI is InChI=1S/C15H17ClOS/c1-15(2,3)13-9-8-12(18-13)14(17)10-4-6-11(16)7-5-10/h4-9,14,17H,1-3H3. The van der Waals surface area contributed by atoms with E-state index in [1.807, 2.05) is 18.2 Å². The lowest BCUT2D eigenvalue weighted by atomic mass is 9.95. The van der Waals surface area contributed by atoms with Crippen LogP contribution in [0.2, 0.25) is 5.02 Å². The van der Waals surface area contributed by atoms with Gasteiger partial charge in [-0.2, -0.15) is 0 Å². The van der Waals surface area contributed by atoms with Gasteiger partial charge in [0.05, 0.1) is 0 Å². The molecule has 0 aliphatic rings. The zero-order valence-corrected chi connectivity index (χ0v) is 12.3. The summed E-state index contributed by atoms with van der Waals surface area (Å²) in [6, 6.07) is 11.4. The Kier molecular flexibility index (Phi) is 3.81. The van der Waals surface area contributed by atoms with Crippen molar-refractivity contribution in [1.29, 1.82) is 0 Å². The number of hydrogen-bond acceptors (Lipinski definition) is 2. The molecule has 0 aliphatic carbocycles. The van der Waals surface area contributed by atoms with Gasteiger partial charge in [-0.1, -0.05) is 44.5 Å². The van der Waals surface area contributed by atoms with Crippen LogP contribution in [-0.4, -0.2) is 5.11 Å². The lowest BCUT2D eigenvalue weighted by Crippen LogP contribution is -2.07. The maximum absolute atomic E-state index is 10.3. The van der Waals surface area contributed by atoms with Crippen molar-refractivity contribution in [3.05, 3.63) is 56.7 Å². The van der Waals surface area contributed by atoms with Crippen LogP contribution < -0.4 is 0 Å². The van der Waals surface area contributed by atoms with Gasteiger partial charge in [0.2, 0.25) is 0 Å². The van der Waals surface area contributed by atoms with E-state index in [1.54, 1.807) is 23.5 Å². The number of aliphatic hydroxyl groups excluding tert-OH is 1. The fraction of sp³-hybridized carbons (Fsp3) is 0.333. The van der Waals surface area contributed by atoms with E-state index >= 15 is 0 Å². The SMILES string of the molecule is CC(C)(C)c1ccc(C(O)c2ccc(Cl)cc2)s1. The first kappa shape index (κ1) is 13.6. The molecule has 1 aromatic heterocycles. The Morgan fingerprint density at radius 2 is 1.67 bits per heavy atom. The highest BCUT2D eigenvalue weighted by molar-refractivity contribution is 7.12. The van der Waals surface area contributed by atoms with E-state index in [0.29, 0.717) is 5.02 Å². The van der Waals surface area contributed by atoms with Crippen molar-refractivity contribution in [2.75, 3.05) is 0 Å². The van der Waals surface area contributed by atoms with Crippen LogP contribution in [0.5, 0.6) is 0 Å². The third kappa shape index (κ3) is 2.94. The molecule has 2 aromatic rings. The molecule has 1 aromatic carbocycles. The monoisotopic (exact) mass is 280 g/mol. The molecule has 0 radical (unpaired) electrons. The van der Waals surface area contributed by atoms with Crippen molar-refractivity contribution in [3.63, 3.8) is 0 Å². The summed E-state index contributed by atoms with van der Waals surface area (Å²) < 4.78 is 0. The zero-order chi connectivity index (χ0) is 13.3. The molecule has 2 rings (SSSR count). The molecule has 0 aliphatic heterocycles. The normalized spacial score (nSPS) is 13.6. The second-order valence-corrected chi connectivity index (χ2v) is 6.96. The molecule has 1 unspecified atom stereocenters. The third-order valence-corrected chi connectivity index (χ3v) is 4.64. The lowest BCUT2D eigenvalue weighted by molar-refractivity contribution is 0.224. The molecule has 0 saturated carbocycles. The first-order chi connectivity index (χ1) is 8.38. The van der Waals surface area contributed by atoms with E-state index in [4.69, 9.17) is 11.6 Å². The lowest BCUT2D eigenvalue weighted by Gasteiger charge is -2.15. The summed E-state index contributed by atoms with van der Waals surface area (Å²) in [5.74, 6) is 0. The average Bonchev–Trinajstić information content (AvgIpc) is 2.78. The van der Waals surface area contributed by atoms with Crippen molar-refractivity contribution in [3.8, 4) is 0 Å². The third-order valence-electron chi connectivity index (χ3n) is 2.82. The topological polar surface area (TPSA) is 20.2 Å². The molecule has 18 heavy (non-hydrogen) atoms. The molecular formula is C15H17ClOS. The minimum atomic E-state index is -0.566. The fourth-order valence-corrected chi connectivity index (χ4v) is 2.92. The quantitative estimate of drug-likeness (QED) is 0.839. The maximum Gasteiger partial charge on any atom is 0.113 e. The van der Waals surface area contributed by atoms with Crippen LogP contribution in [-0.2, 0) is 5.41 Å². The molecule has 1 N–H and O–H groups in total. The summed E-state index contributed by atoms with van der Waals surface area (Å²) in [6.07, 6.45) is -0.566. The van der Waals surface area contributed by atoms with Gasteiger partial charge in [-0.15, -0.1) is 11.3 Å². The van der Waals surface area contributed by atoms with Gasteiger partial charge < -0.3 is 5.11 Å². The van der Waals surface area contributed by atoms with Gasteiger partial charge in [0, 0.05) is 14.8 Å². The molecule has 0 saturated heterocycles. The van der Waals surface area contributed by atoms with Crippen LogP contribution in [0.25, 0.3) is 0 Å². The van der Waals surface area contributed by atoms with Crippen molar-refractivity contribution < 1.29 is 5.11 Å². The van der Waals surface area contributed by atoms with E-state index in [2.05, 4.69) is 26.8 Å². The molecule has 3 heteroatoms. The summed E-state index contributed by atoms with van der Waals surface area (Å²) in [6.45, 7) is 6.53. The molecule has 1 heterocycles. The number of benzene rings is 1. The van der Waals surface area contributed by atoms with Gasteiger partial charge in [0.25, 0.3) is 0 Å². The Bertz CT molecular complexity index is 522. The van der Waals surface area contributed by atoms with E-state index in [9.17, 15) is 5.11 Å². The predicted octanol–water partition coefficient (Wildman–Crippen LogP) is 4.78. The summed E-state index contributed by atoms with van der Waals surface area (Å²) in [5, 5.41) is 11.0. The first-order valence-electron chi connectivity index (χ1n) is 5.91. The Hall–Kier alpha value is -0.830. The van der Waals surface area contributed by atoms with Crippen LogP contribution >= 0.6 is 22.9 Å². The average molecular weight is 281 g/mol. The van der Waals surface area contributed by atoms with Gasteiger partial charge in [0.15, 0.2) is 0 Å². The number of aliphatic hydroxyl groups is 1. The second kappa shape index (κ2) is 5.04. The maximum atomic E-state index is 10.3. The molecule has 0 amide bonds. The minimum absolute atomic E-state index is 0.128. The Morgan fingerprint density at radius 1 is 1.06 bits per heavy atom. The highest BCUT2D eigenvalue weighted by atomic mass is 35.5. The predicted molar refractivity (Wildman–Crippen MR) is 78.5 cm³/mol. The van der Waals surface area contributed by atoms with Gasteiger partial charge in [-0.25, -0.2) is 0 Å². The molecule has 1 nitrogen and oxygen atoms in total. The van der Waals surface area contributed by atoms with Crippen molar-refractivity contribution >= 4 is 22.9 Å². The van der Waals surface area contributed by atoms with Crippen molar-refractivity contribution in [2.24, 2.45) is 0 Å². The first-order valence-corrected chi connectivity index (χ1v) is 7.11. The van der Waals surface area contributed by atoms with E-state index < -0.39 is 6.10 Å². The van der Waals surface area contributed by atoms with E-state index in [0.717, 1.165) is 10.4 Å². The largest absolute Gasteiger partial charge is 0.383 e. The van der Waals surface area contributed by atoms with E-state index in [1.165, 1.54) is 4.88 Å². The summed E-state index contributed by atoms with van der Waals surface area (Å²) in [5.41, 5.74) is 1.00. The molecule has 0 bridgehead atoms. The van der Waals surface area contributed by atoms with Crippen LogP contribution in [0.3, 0.4) is 0 Å². The number of halogens is 1. The van der Waals surface area contributed by atoms with Crippen LogP contribution in [0, 0.1) is 0 Å². The smallest absolute Gasteiger partial charge is 0.113 e. The Balaban J connectivity index is 2.26. The van der Waals surface area contributed by atoms with Gasteiger partial charge in [-0.3, -0.25) is 0 Å². The van der Waals surface area contributed by atoms with Gasteiger partial charge in [0.1, 0.15) is 6.10 Å². The minimum Gasteiger partial charge on any atom is -0.383 e. The number of thiophene rings is 1. The molecular weight excluding hydrogens is 264 g/mol. The van der Waals surface area contributed by atoms with E-state index in [-0.39, 0.29) is 5.41 Å². The van der Waals surface area contributed by atoms with Gasteiger partial charge >= 0.3 is 0 Å². The van der Waals surface area contributed by atoms with Crippen molar-refractivity contribution in [1.82, 2.24) is 0 Å². The van der Waals surface area contributed by atoms with Crippen LogP contribution in [0.15, 0.2) is 36.4 Å². The van der Waals surface area contributed by atoms with Gasteiger partial charge in [-0.05, 0) is 35.2 Å². The van der Waals surface area contributed by atoms with Crippen LogP contribution in [0.1, 0.15) is 42.2 Å². The van der Waals surface area contributed by atoms with Crippen LogP contribution in [0.4, 0.5) is 0 Å². The highest BCUT2D eigenvalue weighted by Gasteiger charge is 2.19. The molecule has 96 valence electrons. The Labute approximate surface area is 117 Å². The molecule has 0 spiro atoms. The Morgan fingerprint density at radius 3 is 2.17 bits per heavy atom. The molecule has 1 atom stereocenters. The zero-order valence-electron chi connectivity index (χ0n) is 10.8. The number of hydrogen-bond donors (Lipinski definition) is 1. The summed E-state index contributed by atoms with van der Waals surface area (Å²) in [4.78, 5) is 2.26. The second-order valence-electron chi connectivity index (χ2n) is 5.41. The highest BCUT2D eigenvalue weighted by Crippen LogP contribution is 2.34. The fourth-order valence-electron chi connectivity index (χ4n) is 1.71. The summed E-state index contributed by atoms with van der Waals surface area (Å²) >= 11 is 7.51. The summed E-state index contributed by atoms with van der Waals surface area (Å²) in [7, 11) is 0. The van der Waals surface area contributed by atoms with Crippen molar-refractivity contribution in [2.45, 2.75) is 32.3 Å².